The van der Waals surface area contributed by atoms with Crippen molar-refractivity contribution >= 4 is 17.6 Å². The fourth-order valence-electron chi connectivity index (χ4n) is 4.37. The first kappa shape index (κ1) is 25.9. The summed E-state index contributed by atoms with van der Waals surface area (Å²) in [5.74, 6) is 0.776. The van der Waals surface area contributed by atoms with Gasteiger partial charge in [-0.25, -0.2) is 4.68 Å². The summed E-state index contributed by atoms with van der Waals surface area (Å²) in [4.78, 5) is 26.6. The number of amides is 2. The number of piperidine rings is 1. The number of nitrogens with one attached hydrogen (secondary N) is 1. The largest absolute Gasteiger partial charge is 0.457 e. The summed E-state index contributed by atoms with van der Waals surface area (Å²) in [6.07, 6.45) is 1.70. The number of rotatable bonds is 10. The van der Waals surface area contributed by atoms with Gasteiger partial charge in [-0.15, -0.1) is 0 Å². The normalized spacial score (nSPS) is 16.2. The van der Waals surface area contributed by atoms with E-state index in [0.29, 0.717) is 41.7 Å². The molecular formula is C27H31N5O5. The highest BCUT2D eigenvalue weighted by Crippen LogP contribution is 2.35. The van der Waals surface area contributed by atoms with Crippen LogP contribution in [-0.2, 0) is 4.79 Å². The quantitative estimate of drug-likeness (QED) is 0.310. The van der Waals surface area contributed by atoms with Crippen molar-refractivity contribution in [2.24, 2.45) is 5.73 Å². The number of hydrogen-bond acceptors (Lipinski definition) is 7. The highest BCUT2D eigenvalue weighted by Gasteiger charge is 2.31. The highest BCUT2D eigenvalue weighted by atomic mass is 16.5. The zero-order chi connectivity index (χ0) is 26.4. The van der Waals surface area contributed by atoms with Gasteiger partial charge in [0.1, 0.15) is 28.6 Å². The highest BCUT2D eigenvalue weighted by molar-refractivity contribution is 6.03. The van der Waals surface area contributed by atoms with Crippen LogP contribution >= 0.6 is 0 Å². The van der Waals surface area contributed by atoms with Crippen LogP contribution in [0.2, 0.25) is 0 Å². The van der Waals surface area contributed by atoms with Crippen molar-refractivity contribution in [1.29, 1.82) is 0 Å². The third-order valence-electron chi connectivity index (χ3n) is 6.21. The van der Waals surface area contributed by atoms with E-state index in [4.69, 9.17) is 15.6 Å². The number of para-hydroxylation sites is 1. The Morgan fingerprint density at radius 1 is 1.19 bits per heavy atom. The average molecular weight is 506 g/mol. The molecule has 3 aromatic rings. The molecule has 2 aromatic carbocycles. The van der Waals surface area contributed by atoms with Gasteiger partial charge in [0.2, 0.25) is 5.91 Å². The molecule has 2 unspecified atom stereocenters. The van der Waals surface area contributed by atoms with Gasteiger partial charge in [-0.2, -0.15) is 5.10 Å². The van der Waals surface area contributed by atoms with Crippen LogP contribution in [0.5, 0.6) is 11.5 Å². The van der Waals surface area contributed by atoms with Crippen LogP contribution in [0.3, 0.4) is 0 Å². The Morgan fingerprint density at radius 2 is 1.89 bits per heavy atom. The molecule has 0 spiro atoms. The third-order valence-corrected chi connectivity index (χ3v) is 6.21. The number of nitrogens with two attached hydrogens (primary N) is 1. The summed E-state index contributed by atoms with van der Waals surface area (Å²) in [6, 6.07) is 16.3. The lowest BCUT2D eigenvalue weighted by Crippen LogP contribution is -2.40. The molecule has 5 N–H and O–H groups in total. The second kappa shape index (κ2) is 11.7. The molecule has 2 heterocycles. The molecule has 10 nitrogen and oxygen atoms in total. The molecule has 0 radical (unpaired) electrons. The number of primary amides is 1. The summed E-state index contributed by atoms with van der Waals surface area (Å²) in [7, 11) is 0. The number of aliphatic hydroxyl groups excluding tert-OH is 2. The average Bonchev–Trinajstić information content (AvgIpc) is 3.32. The van der Waals surface area contributed by atoms with Crippen LogP contribution < -0.4 is 15.8 Å². The summed E-state index contributed by atoms with van der Waals surface area (Å²) in [6.45, 7) is 4.09. The van der Waals surface area contributed by atoms with Crippen LogP contribution in [0, 0.1) is 0 Å². The predicted molar refractivity (Wildman–Crippen MR) is 139 cm³/mol. The number of aliphatic hydroxyl groups is 2. The van der Waals surface area contributed by atoms with Crippen molar-refractivity contribution in [1.82, 2.24) is 14.7 Å². The Kier molecular flexibility index (Phi) is 8.22. The van der Waals surface area contributed by atoms with E-state index in [9.17, 15) is 19.8 Å². The number of likely N-dealkylation sites (tertiary alicyclic amines) is 1. The minimum atomic E-state index is -1.05. The second-order valence-electron chi connectivity index (χ2n) is 8.82. The smallest absolute Gasteiger partial charge is 0.254 e. The molecule has 1 fully saturated rings. The topological polar surface area (TPSA) is 143 Å². The Labute approximate surface area is 215 Å². The number of aromatic nitrogens is 2. The first-order chi connectivity index (χ1) is 17.9. The van der Waals surface area contributed by atoms with E-state index < -0.39 is 18.6 Å². The second-order valence-corrected chi connectivity index (χ2v) is 8.82. The van der Waals surface area contributed by atoms with Gasteiger partial charge in [-0.1, -0.05) is 24.8 Å². The molecule has 2 amide bonds. The van der Waals surface area contributed by atoms with Gasteiger partial charge in [-0.3, -0.25) is 9.59 Å². The minimum Gasteiger partial charge on any atom is -0.457 e. The molecule has 0 bridgehead atoms. The van der Waals surface area contributed by atoms with Crippen LogP contribution in [0.4, 0.5) is 5.82 Å². The van der Waals surface area contributed by atoms with Crippen molar-refractivity contribution < 1.29 is 24.5 Å². The molecule has 2 atom stereocenters. The number of benzene rings is 2. The molecule has 194 valence electrons. The number of anilines is 1. The van der Waals surface area contributed by atoms with Crippen molar-refractivity contribution in [2.75, 3.05) is 31.6 Å². The zero-order valence-electron chi connectivity index (χ0n) is 20.4. The number of carbonyl (C=O) groups excluding carboxylic acids is 2. The third kappa shape index (κ3) is 5.99. The molecule has 0 aliphatic carbocycles. The number of ether oxygens (including phenoxy) is 1. The van der Waals surface area contributed by atoms with Gasteiger partial charge >= 0.3 is 0 Å². The van der Waals surface area contributed by atoms with Crippen LogP contribution in [0.25, 0.3) is 11.3 Å². The SMILES string of the molecule is C=CC(=O)N1CCCC(n2nc(-c3ccc(Oc4ccccc4)cc3)c(C(N)=O)c2NCC(O)CO)C1. The first-order valence-corrected chi connectivity index (χ1v) is 12.1. The van der Waals surface area contributed by atoms with Gasteiger partial charge in [0.15, 0.2) is 0 Å². The fourth-order valence-corrected chi connectivity index (χ4v) is 4.37. The lowest BCUT2D eigenvalue weighted by atomic mass is 10.0. The molecule has 1 aliphatic rings. The van der Waals surface area contributed by atoms with Gasteiger partial charge in [0.25, 0.3) is 5.91 Å². The maximum Gasteiger partial charge on any atom is 0.254 e. The molecule has 1 aliphatic heterocycles. The van der Waals surface area contributed by atoms with E-state index in [0.717, 1.165) is 12.8 Å². The van der Waals surface area contributed by atoms with Crippen molar-refractivity contribution in [3.05, 3.63) is 72.8 Å². The predicted octanol–water partition coefficient (Wildman–Crippen LogP) is 2.56. The first-order valence-electron chi connectivity index (χ1n) is 12.1. The van der Waals surface area contributed by atoms with Crippen molar-refractivity contribution in [3.63, 3.8) is 0 Å². The minimum absolute atomic E-state index is 0.0201. The van der Waals surface area contributed by atoms with Gasteiger partial charge in [-0.05, 0) is 55.3 Å². The Balaban J connectivity index is 1.71. The van der Waals surface area contributed by atoms with Crippen LogP contribution in [0.15, 0.2) is 67.3 Å². The standard InChI is InChI=1S/C27H31N5O5/c1-2-23(35)31-14-6-7-19(16-31)32-27(29-15-20(34)17-33)24(26(28)36)25(30-32)18-10-12-22(13-11-18)37-21-8-4-3-5-9-21/h2-5,8-13,19-20,29,33-34H,1,6-7,14-17H2,(H2,28,36). The monoisotopic (exact) mass is 505 g/mol. The lowest BCUT2D eigenvalue weighted by molar-refractivity contribution is -0.127. The zero-order valence-corrected chi connectivity index (χ0v) is 20.4. The van der Waals surface area contributed by atoms with E-state index >= 15 is 0 Å². The summed E-state index contributed by atoms with van der Waals surface area (Å²) in [5.41, 5.74) is 6.99. The maximum absolute atomic E-state index is 12.7. The molecule has 10 heteroatoms. The van der Waals surface area contributed by atoms with Crippen LogP contribution in [0.1, 0.15) is 29.2 Å². The molecular weight excluding hydrogens is 474 g/mol. The van der Waals surface area contributed by atoms with E-state index in [1.807, 2.05) is 30.3 Å². The number of carbonyl (C=O) groups is 2. The van der Waals surface area contributed by atoms with Gasteiger partial charge in [0, 0.05) is 25.2 Å². The lowest BCUT2D eigenvalue weighted by Gasteiger charge is -2.33. The number of hydrogen-bond donors (Lipinski definition) is 4. The van der Waals surface area contributed by atoms with Crippen molar-refractivity contribution in [2.45, 2.75) is 25.0 Å². The Bertz CT molecular complexity index is 1240. The van der Waals surface area contributed by atoms with E-state index in [1.165, 1.54) is 6.08 Å². The summed E-state index contributed by atoms with van der Waals surface area (Å²) >= 11 is 0. The van der Waals surface area contributed by atoms with E-state index in [1.54, 1.807) is 33.8 Å². The van der Waals surface area contributed by atoms with Crippen molar-refractivity contribution in [3.8, 4) is 22.8 Å². The molecule has 1 saturated heterocycles. The van der Waals surface area contributed by atoms with E-state index in [2.05, 4.69) is 11.9 Å². The number of nitrogens with zero attached hydrogens (tertiary/aromatic N) is 3. The van der Waals surface area contributed by atoms with E-state index in [-0.39, 0.29) is 24.1 Å². The Morgan fingerprint density at radius 3 is 2.54 bits per heavy atom. The van der Waals surface area contributed by atoms with Gasteiger partial charge < -0.3 is 30.9 Å². The Hall–Kier alpha value is -4.15. The van der Waals surface area contributed by atoms with Crippen LogP contribution in [-0.4, -0.2) is 69.1 Å². The maximum atomic E-state index is 12.7. The molecule has 4 rings (SSSR count). The fraction of sp³-hybridized carbons (Fsp3) is 0.296. The van der Waals surface area contributed by atoms with Gasteiger partial charge in [0.05, 0.1) is 18.8 Å². The molecule has 1 aromatic heterocycles. The molecule has 37 heavy (non-hydrogen) atoms. The molecule has 0 saturated carbocycles. The summed E-state index contributed by atoms with van der Waals surface area (Å²) in [5, 5.41) is 27.0. The summed E-state index contributed by atoms with van der Waals surface area (Å²) < 4.78 is 7.53.